The van der Waals surface area contributed by atoms with Crippen molar-refractivity contribution >= 4 is 0 Å². The van der Waals surface area contributed by atoms with Crippen LogP contribution in [0.25, 0.3) is 0 Å². The van der Waals surface area contributed by atoms with Crippen molar-refractivity contribution in [3.8, 4) is 0 Å². The van der Waals surface area contributed by atoms with E-state index in [1.54, 1.807) is 11.1 Å². The lowest BCUT2D eigenvalue weighted by atomic mass is 10.1. The summed E-state index contributed by atoms with van der Waals surface area (Å²) in [7, 11) is 1.00. The molecule has 12 heavy (non-hydrogen) atoms. The minimum Gasteiger partial charge on any atom is -0.400 e. The molecule has 1 heteroatoms. The van der Waals surface area contributed by atoms with Crippen LogP contribution in [0.2, 0.25) is 0 Å². The summed E-state index contributed by atoms with van der Waals surface area (Å²) in [4.78, 5) is 0. The maximum atomic E-state index is 7.00. The van der Waals surface area contributed by atoms with Crippen molar-refractivity contribution in [3.63, 3.8) is 0 Å². The Balaban J connectivity index is 0.000000336. The number of aliphatic hydroxyl groups excluding tert-OH is 1. The Morgan fingerprint density at radius 1 is 1.08 bits per heavy atom. The van der Waals surface area contributed by atoms with E-state index in [-0.39, 0.29) is 0 Å². The van der Waals surface area contributed by atoms with Gasteiger partial charge in [-0.15, -0.1) is 0 Å². The predicted octanol–water partition coefficient (Wildman–Crippen LogP) is 2.03. The summed E-state index contributed by atoms with van der Waals surface area (Å²) in [5.74, 6) is 0.873. The third-order valence-electron chi connectivity index (χ3n) is 2.26. The maximum absolute atomic E-state index is 7.00. The molecule has 0 atom stereocenters. The Labute approximate surface area is 74.1 Å². The molecule has 0 saturated heterocycles. The van der Waals surface area contributed by atoms with Gasteiger partial charge in [0.25, 0.3) is 0 Å². The number of hydrogen-bond donors (Lipinski definition) is 1. The van der Waals surface area contributed by atoms with Gasteiger partial charge in [0.2, 0.25) is 0 Å². The van der Waals surface area contributed by atoms with E-state index >= 15 is 0 Å². The summed E-state index contributed by atoms with van der Waals surface area (Å²) < 4.78 is 0. The van der Waals surface area contributed by atoms with E-state index in [9.17, 15) is 0 Å². The number of rotatable bonds is 0. The molecule has 1 aliphatic rings. The summed E-state index contributed by atoms with van der Waals surface area (Å²) in [6.45, 7) is 2.32. The smallest absolute Gasteiger partial charge is 0.0319 e. The molecule has 0 spiro atoms. The molecule has 0 aromatic heterocycles. The molecule has 0 amide bonds. The second kappa shape index (κ2) is 4.27. The standard InChI is InChI=1S/C10H12.CH4O/c1-8-6-9-4-2-3-5-10(9)7-8;1-2/h2-5,8H,6-7H2,1H3;2H,1H3. The molecule has 1 nitrogen and oxygen atoms in total. The predicted molar refractivity (Wildman–Crippen MR) is 51.2 cm³/mol. The lowest BCUT2D eigenvalue weighted by molar-refractivity contribution is 0.399. The first-order valence-corrected chi connectivity index (χ1v) is 4.38. The molecule has 0 bridgehead atoms. The van der Waals surface area contributed by atoms with Crippen LogP contribution in [0.4, 0.5) is 0 Å². The number of aliphatic hydroxyl groups is 1. The van der Waals surface area contributed by atoms with Gasteiger partial charge in [-0.2, -0.15) is 0 Å². The van der Waals surface area contributed by atoms with Gasteiger partial charge in [0.15, 0.2) is 0 Å². The molecular formula is C11H16O. The van der Waals surface area contributed by atoms with E-state index < -0.39 is 0 Å². The number of hydrogen-bond acceptors (Lipinski definition) is 1. The van der Waals surface area contributed by atoms with Crippen molar-refractivity contribution in [2.45, 2.75) is 19.8 Å². The Bertz CT molecular complexity index is 218. The first-order chi connectivity index (χ1) is 5.86. The highest BCUT2D eigenvalue weighted by atomic mass is 16.2. The third kappa shape index (κ3) is 1.86. The van der Waals surface area contributed by atoms with E-state index in [1.165, 1.54) is 12.8 Å². The maximum Gasteiger partial charge on any atom is 0.0319 e. The summed E-state index contributed by atoms with van der Waals surface area (Å²) in [6, 6.07) is 8.77. The fourth-order valence-corrected chi connectivity index (χ4v) is 1.78. The van der Waals surface area contributed by atoms with Gasteiger partial charge in [0.1, 0.15) is 0 Å². The van der Waals surface area contributed by atoms with Gasteiger partial charge in [-0.05, 0) is 29.9 Å². The van der Waals surface area contributed by atoms with E-state index in [1.807, 2.05) is 0 Å². The van der Waals surface area contributed by atoms with Crippen molar-refractivity contribution < 1.29 is 5.11 Å². The number of benzene rings is 1. The van der Waals surface area contributed by atoms with Gasteiger partial charge in [0.05, 0.1) is 0 Å². The van der Waals surface area contributed by atoms with Crippen LogP contribution in [0.15, 0.2) is 24.3 Å². The lowest BCUT2D eigenvalue weighted by Gasteiger charge is -1.93. The van der Waals surface area contributed by atoms with Gasteiger partial charge in [-0.3, -0.25) is 0 Å². The second-order valence-corrected chi connectivity index (χ2v) is 3.28. The summed E-state index contributed by atoms with van der Waals surface area (Å²) in [6.07, 6.45) is 2.58. The van der Waals surface area contributed by atoms with Crippen LogP contribution < -0.4 is 0 Å². The molecule has 1 aromatic rings. The average Bonchev–Trinajstić information content (AvgIpc) is 2.48. The zero-order chi connectivity index (χ0) is 8.97. The average molecular weight is 164 g/mol. The van der Waals surface area contributed by atoms with Gasteiger partial charge in [-0.25, -0.2) is 0 Å². The van der Waals surface area contributed by atoms with Crippen molar-refractivity contribution in [3.05, 3.63) is 35.4 Å². The molecule has 0 aliphatic heterocycles. The van der Waals surface area contributed by atoms with Crippen LogP contribution in [0, 0.1) is 5.92 Å². The van der Waals surface area contributed by atoms with Crippen molar-refractivity contribution in [2.75, 3.05) is 7.11 Å². The fourth-order valence-electron chi connectivity index (χ4n) is 1.78. The molecule has 2 rings (SSSR count). The summed E-state index contributed by atoms with van der Waals surface area (Å²) >= 11 is 0. The Morgan fingerprint density at radius 3 is 1.92 bits per heavy atom. The SMILES string of the molecule is CC1Cc2ccccc2C1.CO. The lowest BCUT2D eigenvalue weighted by Crippen LogP contribution is -1.89. The molecule has 1 aliphatic carbocycles. The van der Waals surface area contributed by atoms with Crippen LogP contribution in [0.5, 0.6) is 0 Å². The molecule has 1 aromatic carbocycles. The fraction of sp³-hybridized carbons (Fsp3) is 0.455. The zero-order valence-electron chi connectivity index (χ0n) is 7.75. The van der Waals surface area contributed by atoms with E-state index in [4.69, 9.17) is 5.11 Å². The van der Waals surface area contributed by atoms with Crippen molar-refractivity contribution in [1.82, 2.24) is 0 Å². The first kappa shape index (κ1) is 9.27. The van der Waals surface area contributed by atoms with Crippen molar-refractivity contribution in [1.29, 1.82) is 0 Å². The Kier molecular flexibility index (Phi) is 3.30. The second-order valence-electron chi connectivity index (χ2n) is 3.28. The van der Waals surface area contributed by atoms with E-state index in [2.05, 4.69) is 31.2 Å². The molecule has 0 fully saturated rings. The minimum atomic E-state index is 0.873. The molecule has 66 valence electrons. The molecule has 0 radical (unpaired) electrons. The molecule has 0 unspecified atom stereocenters. The van der Waals surface area contributed by atoms with Crippen molar-refractivity contribution in [2.24, 2.45) is 5.92 Å². The third-order valence-corrected chi connectivity index (χ3v) is 2.26. The monoisotopic (exact) mass is 164 g/mol. The topological polar surface area (TPSA) is 20.2 Å². The van der Waals surface area contributed by atoms with Gasteiger partial charge < -0.3 is 5.11 Å². The highest BCUT2D eigenvalue weighted by Crippen LogP contribution is 2.25. The summed E-state index contributed by atoms with van der Waals surface area (Å²) in [5, 5.41) is 7.00. The minimum absolute atomic E-state index is 0.873. The zero-order valence-corrected chi connectivity index (χ0v) is 7.75. The molecule has 0 heterocycles. The Hall–Kier alpha value is -0.820. The van der Waals surface area contributed by atoms with Gasteiger partial charge in [0, 0.05) is 7.11 Å². The van der Waals surface area contributed by atoms with E-state index in [0.717, 1.165) is 13.0 Å². The highest BCUT2D eigenvalue weighted by Gasteiger charge is 2.15. The largest absolute Gasteiger partial charge is 0.400 e. The van der Waals surface area contributed by atoms with Crippen LogP contribution in [-0.2, 0) is 12.8 Å². The van der Waals surface area contributed by atoms with Gasteiger partial charge in [-0.1, -0.05) is 31.2 Å². The van der Waals surface area contributed by atoms with Crippen LogP contribution in [0.1, 0.15) is 18.1 Å². The molecular weight excluding hydrogens is 148 g/mol. The quantitative estimate of drug-likeness (QED) is 0.622. The molecule has 0 saturated carbocycles. The number of fused-ring (bicyclic) bond motifs is 1. The normalized spacial score (nSPS) is 14.9. The molecule has 1 N–H and O–H groups in total. The highest BCUT2D eigenvalue weighted by molar-refractivity contribution is 5.31. The Morgan fingerprint density at radius 2 is 1.50 bits per heavy atom. The van der Waals surface area contributed by atoms with Crippen LogP contribution in [0.3, 0.4) is 0 Å². The van der Waals surface area contributed by atoms with Crippen LogP contribution in [-0.4, -0.2) is 12.2 Å². The van der Waals surface area contributed by atoms with E-state index in [0.29, 0.717) is 0 Å². The van der Waals surface area contributed by atoms with Gasteiger partial charge >= 0.3 is 0 Å². The van der Waals surface area contributed by atoms with Crippen LogP contribution >= 0.6 is 0 Å². The first-order valence-electron chi connectivity index (χ1n) is 4.38. The summed E-state index contributed by atoms with van der Waals surface area (Å²) in [5.41, 5.74) is 3.13.